The van der Waals surface area contributed by atoms with Crippen molar-refractivity contribution < 1.29 is 14.6 Å². The van der Waals surface area contributed by atoms with Crippen LogP contribution in [0.2, 0.25) is 0 Å². The van der Waals surface area contributed by atoms with E-state index in [9.17, 15) is 5.11 Å². The minimum atomic E-state index is -0.420. The van der Waals surface area contributed by atoms with E-state index < -0.39 is 6.10 Å². The quantitative estimate of drug-likeness (QED) is 0.322. The van der Waals surface area contributed by atoms with E-state index in [1.165, 1.54) is 0 Å². The van der Waals surface area contributed by atoms with Crippen LogP contribution >= 0.6 is 22.6 Å². The number of ether oxygens (including phenoxy) is 2. The van der Waals surface area contributed by atoms with E-state index in [0.29, 0.717) is 6.42 Å². The van der Waals surface area contributed by atoms with Gasteiger partial charge in [-0.25, -0.2) is 0 Å². The summed E-state index contributed by atoms with van der Waals surface area (Å²) in [5, 5.41) is 9.57. The van der Waals surface area contributed by atoms with Gasteiger partial charge < -0.3 is 14.6 Å². The molecule has 0 rings (SSSR count). The van der Waals surface area contributed by atoms with Crippen molar-refractivity contribution in [3.63, 3.8) is 0 Å². The molecule has 0 aromatic carbocycles. The number of hydrogen-bond donors (Lipinski definition) is 1. The third kappa shape index (κ3) is 7.27. The standard InChI is InChI=1S/C11H21IO3/c1-8(2)11(13)6-5-10(7-12)15-9(3)14-4/h9-11,13H,1,5-7H2,2-4H3. The summed E-state index contributed by atoms with van der Waals surface area (Å²) in [4.78, 5) is 0. The number of aliphatic hydroxyl groups excluding tert-OH is 1. The van der Waals surface area contributed by atoms with Gasteiger partial charge >= 0.3 is 0 Å². The molecule has 1 N–H and O–H groups in total. The van der Waals surface area contributed by atoms with Crippen LogP contribution in [0.4, 0.5) is 0 Å². The van der Waals surface area contributed by atoms with E-state index in [-0.39, 0.29) is 12.4 Å². The highest BCUT2D eigenvalue weighted by molar-refractivity contribution is 14.1. The van der Waals surface area contributed by atoms with Gasteiger partial charge in [0.2, 0.25) is 0 Å². The van der Waals surface area contributed by atoms with Crippen molar-refractivity contribution in [1.29, 1.82) is 0 Å². The number of hydrogen-bond acceptors (Lipinski definition) is 3. The van der Waals surface area contributed by atoms with Gasteiger partial charge in [-0.2, -0.15) is 0 Å². The Balaban J connectivity index is 3.84. The highest BCUT2D eigenvalue weighted by Gasteiger charge is 2.14. The van der Waals surface area contributed by atoms with Gasteiger partial charge in [-0.1, -0.05) is 34.7 Å². The number of methoxy groups -OCH3 is 1. The van der Waals surface area contributed by atoms with Crippen molar-refractivity contribution in [3.8, 4) is 0 Å². The van der Waals surface area contributed by atoms with Crippen molar-refractivity contribution >= 4 is 22.6 Å². The minimum Gasteiger partial charge on any atom is -0.389 e. The molecular formula is C11H21IO3. The third-order valence-electron chi connectivity index (χ3n) is 2.22. The van der Waals surface area contributed by atoms with Gasteiger partial charge in [0.05, 0.1) is 12.2 Å². The SMILES string of the molecule is C=C(C)C(O)CCC(CI)OC(C)OC. The van der Waals surface area contributed by atoms with Crippen molar-refractivity contribution in [1.82, 2.24) is 0 Å². The molecule has 0 aromatic rings. The van der Waals surface area contributed by atoms with Gasteiger partial charge in [0, 0.05) is 11.5 Å². The monoisotopic (exact) mass is 328 g/mol. The van der Waals surface area contributed by atoms with Gasteiger partial charge in [-0.3, -0.25) is 0 Å². The topological polar surface area (TPSA) is 38.7 Å². The molecule has 0 amide bonds. The minimum absolute atomic E-state index is 0.134. The van der Waals surface area contributed by atoms with Crippen molar-refractivity contribution in [2.45, 2.75) is 45.2 Å². The second kappa shape index (κ2) is 8.50. The Morgan fingerprint density at radius 3 is 2.47 bits per heavy atom. The third-order valence-corrected chi connectivity index (χ3v) is 3.20. The van der Waals surface area contributed by atoms with Crippen LogP contribution in [-0.2, 0) is 9.47 Å². The molecule has 0 radical (unpaired) electrons. The van der Waals surface area contributed by atoms with Gasteiger partial charge in [0.1, 0.15) is 0 Å². The molecule has 0 heterocycles. The lowest BCUT2D eigenvalue weighted by atomic mass is 10.1. The number of rotatable bonds is 8. The Morgan fingerprint density at radius 2 is 2.07 bits per heavy atom. The first-order chi connectivity index (χ1) is 7.01. The summed E-state index contributed by atoms with van der Waals surface area (Å²) >= 11 is 2.28. The molecule has 0 saturated carbocycles. The molecule has 3 unspecified atom stereocenters. The zero-order chi connectivity index (χ0) is 11.8. The predicted molar refractivity (Wildman–Crippen MR) is 70.3 cm³/mol. The van der Waals surface area contributed by atoms with Crippen LogP contribution in [0.15, 0.2) is 12.2 Å². The maximum atomic E-state index is 9.57. The van der Waals surface area contributed by atoms with Crippen molar-refractivity contribution in [3.05, 3.63) is 12.2 Å². The molecule has 0 spiro atoms. The maximum absolute atomic E-state index is 9.57. The fraction of sp³-hybridized carbons (Fsp3) is 0.818. The zero-order valence-corrected chi connectivity index (χ0v) is 11.9. The number of halogens is 1. The second-order valence-electron chi connectivity index (χ2n) is 3.66. The van der Waals surface area contributed by atoms with Crippen molar-refractivity contribution in [2.75, 3.05) is 11.5 Å². The first-order valence-electron chi connectivity index (χ1n) is 5.09. The molecule has 4 heteroatoms. The van der Waals surface area contributed by atoms with E-state index in [4.69, 9.17) is 9.47 Å². The first-order valence-corrected chi connectivity index (χ1v) is 6.61. The highest BCUT2D eigenvalue weighted by atomic mass is 127. The van der Waals surface area contributed by atoms with Crippen LogP contribution in [0.1, 0.15) is 26.7 Å². The molecular weight excluding hydrogens is 307 g/mol. The van der Waals surface area contributed by atoms with Crippen LogP contribution in [0.25, 0.3) is 0 Å². The lowest BCUT2D eigenvalue weighted by molar-refractivity contribution is -0.139. The normalized spacial score (nSPS) is 17.1. The Bertz CT molecular complexity index is 185. The predicted octanol–water partition coefficient (Wildman–Crippen LogP) is 2.52. The summed E-state index contributed by atoms with van der Waals surface area (Å²) in [6.45, 7) is 7.42. The molecule has 3 atom stereocenters. The highest BCUT2D eigenvalue weighted by Crippen LogP contribution is 2.13. The first kappa shape index (κ1) is 15.3. The molecule has 3 nitrogen and oxygen atoms in total. The average molecular weight is 328 g/mol. The lowest BCUT2D eigenvalue weighted by Crippen LogP contribution is -2.24. The molecule has 0 aliphatic carbocycles. The van der Waals surface area contributed by atoms with Crippen LogP contribution < -0.4 is 0 Å². The summed E-state index contributed by atoms with van der Waals surface area (Å²) in [5.41, 5.74) is 0.807. The van der Waals surface area contributed by atoms with E-state index >= 15 is 0 Å². The van der Waals surface area contributed by atoms with Crippen LogP contribution in [-0.4, -0.2) is 35.1 Å². The molecule has 0 aromatic heterocycles. The fourth-order valence-electron chi connectivity index (χ4n) is 1.10. The summed E-state index contributed by atoms with van der Waals surface area (Å²) < 4.78 is 11.5. The number of aliphatic hydroxyl groups is 1. The van der Waals surface area contributed by atoms with E-state index in [2.05, 4.69) is 29.2 Å². The summed E-state index contributed by atoms with van der Waals surface area (Å²) in [6, 6.07) is 0. The molecule has 0 aliphatic heterocycles. The average Bonchev–Trinajstić information content (AvgIpc) is 2.22. The zero-order valence-electron chi connectivity index (χ0n) is 9.70. The summed E-state index contributed by atoms with van der Waals surface area (Å²) in [6.07, 6.45) is 1.04. The Hall–Kier alpha value is 0.350. The second-order valence-corrected chi connectivity index (χ2v) is 4.54. The van der Waals surface area contributed by atoms with Gasteiger partial charge in [-0.15, -0.1) is 0 Å². The summed E-state index contributed by atoms with van der Waals surface area (Å²) in [5.74, 6) is 0. The fourth-order valence-corrected chi connectivity index (χ4v) is 1.75. The van der Waals surface area contributed by atoms with Gasteiger partial charge in [-0.05, 0) is 26.7 Å². The smallest absolute Gasteiger partial charge is 0.154 e. The van der Waals surface area contributed by atoms with Crippen molar-refractivity contribution in [2.24, 2.45) is 0 Å². The van der Waals surface area contributed by atoms with Crippen LogP contribution in [0.5, 0.6) is 0 Å². The lowest BCUT2D eigenvalue weighted by Gasteiger charge is -2.21. The molecule has 15 heavy (non-hydrogen) atoms. The Labute approximate surface area is 106 Å². The van der Waals surface area contributed by atoms with Crippen LogP contribution in [0, 0.1) is 0 Å². The largest absolute Gasteiger partial charge is 0.389 e. The Kier molecular flexibility index (Phi) is 8.69. The molecule has 0 fully saturated rings. The van der Waals surface area contributed by atoms with E-state index in [1.807, 2.05) is 13.8 Å². The molecule has 0 saturated heterocycles. The van der Waals surface area contributed by atoms with Gasteiger partial charge in [0.15, 0.2) is 6.29 Å². The molecule has 90 valence electrons. The van der Waals surface area contributed by atoms with Gasteiger partial charge in [0.25, 0.3) is 0 Å². The van der Waals surface area contributed by atoms with E-state index in [0.717, 1.165) is 16.4 Å². The maximum Gasteiger partial charge on any atom is 0.154 e. The molecule has 0 bridgehead atoms. The Morgan fingerprint density at radius 1 is 1.47 bits per heavy atom. The van der Waals surface area contributed by atoms with E-state index in [1.54, 1.807) is 7.11 Å². The summed E-state index contributed by atoms with van der Waals surface area (Å²) in [7, 11) is 1.62. The molecule has 0 aliphatic rings. The number of alkyl halides is 1. The van der Waals surface area contributed by atoms with Crippen LogP contribution in [0.3, 0.4) is 0 Å².